The lowest BCUT2D eigenvalue weighted by molar-refractivity contribution is 0.339. The number of methoxy groups -OCH3 is 1. The van der Waals surface area contributed by atoms with Gasteiger partial charge < -0.3 is 14.6 Å². The quantitative estimate of drug-likeness (QED) is 0.693. The molecule has 0 aliphatic carbocycles. The van der Waals surface area contributed by atoms with Crippen molar-refractivity contribution in [2.24, 2.45) is 0 Å². The molecule has 3 aromatic rings. The fourth-order valence-corrected chi connectivity index (χ4v) is 3.29. The average molecular weight is 372 g/mol. The summed E-state index contributed by atoms with van der Waals surface area (Å²) in [6.07, 6.45) is 1.93. The summed E-state index contributed by atoms with van der Waals surface area (Å²) in [6.45, 7) is 9.24. The molecule has 26 heavy (non-hydrogen) atoms. The Morgan fingerprint density at radius 2 is 2.12 bits per heavy atom. The summed E-state index contributed by atoms with van der Waals surface area (Å²) in [5.74, 6) is 1.88. The summed E-state index contributed by atoms with van der Waals surface area (Å²) in [5, 5.41) is 8.64. The number of nitrogens with one attached hydrogen (secondary N) is 1. The molecule has 0 aliphatic rings. The molecule has 0 fully saturated rings. The van der Waals surface area contributed by atoms with E-state index in [9.17, 15) is 0 Å². The minimum absolute atomic E-state index is 0.0537. The van der Waals surface area contributed by atoms with Gasteiger partial charge in [0.05, 0.1) is 18.2 Å². The van der Waals surface area contributed by atoms with Crippen LogP contribution in [0.2, 0.25) is 0 Å². The van der Waals surface area contributed by atoms with E-state index in [-0.39, 0.29) is 11.5 Å². The maximum absolute atomic E-state index is 5.43. The van der Waals surface area contributed by atoms with Gasteiger partial charge in [-0.1, -0.05) is 38.1 Å². The van der Waals surface area contributed by atoms with Crippen LogP contribution in [0.15, 0.2) is 35.0 Å². The van der Waals surface area contributed by atoms with Crippen LogP contribution in [0.1, 0.15) is 49.5 Å². The molecule has 0 amide bonds. The van der Waals surface area contributed by atoms with Gasteiger partial charge in [-0.3, -0.25) is 0 Å². The molecule has 0 bridgehead atoms. The number of hydrogen-bond donors (Lipinski definition) is 1. The normalized spacial score (nSPS) is 13.0. The van der Waals surface area contributed by atoms with Crippen LogP contribution in [-0.2, 0) is 12.0 Å². The molecule has 7 heteroatoms. The van der Waals surface area contributed by atoms with Crippen LogP contribution < -0.4 is 10.1 Å². The maximum Gasteiger partial charge on any atom is 0.243 e. The Kier molecular flexibility index (Phi) is 5.38. The van der Waals surface area contributed by atoms with E-state index in [1.807, 2.05) is 37.4 Å². The number of hydrogen-bond acceptors (Lipinski definition) is 7. The second-order valence-electron chi connectivity index (χ2n) is 7.17. The predicted molar refractivity (Wildman–Crippen MR) is 102 cm³/mol. The molecule has 0 saturated carbocycles. The molecule has 1 N–H and O–H groups in total. The first-order valence-corrected chi connectivity index (χ1v) is 9.35. The van der Waals surface area contributed by atoms with E-state index in [0.717, 1.165) is 16.3 Å². The Morgan fingerprint density at radius 1 is 1.31 bits per heavy atom. The molecule has 0 saturated heterocycles. The van der Waals surface area contributed by atoms with Gasteiger partial charge in [-0.15, -0.1) is 11.3 Å². The number of benzene rings is 1. The second-order valence-corrected chi connectivity index (χ2v) is 8.29. The molecular formula is C19H24N4O2S. The summed E-state index contributed by atoms with van der Waals surface area (Å²) in [5.41, 5.74) is 0.941. The third kappa shape index (κ3) is 4.28. The fraction of sp³-hybridized carbons (Fsp3) is 0.421. The van der Waals surface area contributed by atoms with E-state index >= 15 is 0 Å². The largest absolute Gasteiger partial charge is 0.497 e. The van der Waals surface area contributed by atoms with E-state index in [4.69, 9.17) is 9.26 Å². The van der Waals surface area contributed by atoms with Crippen molar-refractivity contribution in [1.82, 2.24) is 20.4 Å². The first-order chi connectivity index (χ1) is 12.4. The molecule has 6 nitrogen and oxygen atoms in total. The first kappa shape index (κ1) is 18.5. The molecule has 2 heterocycles. The van der Waals surface area contributed by atoms with Crippen LogP contribution in [0.5, 0.6) is 5.75 Å². The zero-order valence-corrected chi connectivity index (χ0v) is 16.6. The van der Waals surface area contributed by atoms with Gasteiger partial charge in [-0.2, -0.15) is 4.98 Å². The highest BCUT2D eigenvalue weighted by molar-refractivity contribution is 7.11. The molecule has 2 aromatic heterocycles. The molecular weight excluding hydrogens is 348 g/mol. The van der Waals surface area contributed by atoms with Crippen molar-refractivity contribution in [3.05, 3.63) is 46.2 Å². The monoisotopic (exact) mass is 372 g/mol. The van der Waals surface area contributed by atoms with Crippen LogP contribution in [0, 0.1) is 0 Å². The highest BCUT2D eigenvalue weighted by atomic mass is 32.1. The van der Waals surface area contributed by atoms with E-state index in [1.165, 1.54) is 4.88 Å². The van der Waals surface area contributed by atoms with E-state index < -0.39 is 0 Å². The summed E-state index contributed by atoms with van der Waals surface area (Å²) in [4.78, 5) is 10.2. The first-order valence-electron chi connectivity index (χ1n) is 8.53. The highest BCUT2D eigenvalue weighted by Gasteiger charge is 2.19. The molecule has 1 unspecified atom stereocenters. The minimum atomic E-state index is -0.0537. The van der Waals surface area contributed by atoms with Crippen molar-refractivity contribution in [2.45, 2.75) is 45.7 Å². The van der Waals surface area contributed by atoms with Crippen molar-refractivity contribution in [2.75, 3.05) is 7.11 Å². The Bertz CT molecular complexity index is 866. The molecule has 0 radical (unpaired) electrons. The SMILES string of the molecule is COc1cccc(-c2noc(C(C)NCc3cnc(C(C)(C)C)s3)n2)c1. The highest BCUT2D eigenvalue weighted by Crippen LogP contribution is 2.27. The van der Waals surface area contributed by atoms with Gasteiger partial charge in [-0.25, -0.2) is 4.98 Å². The minimum Gasteiger partial charge on any atom is -0.497 e. The van der Waals surface area contributed by atoms with E-state index in [1.54, 1.807) is 18.4 Å². The van der Waals surface area contributed by atoms with Crippen LogP contribution >= 0.6 is 11.3 Å². The lowest BCUT2D eigenvalue weighted by atomic mass is 9.98. The molecule has 3 rings (SSSR count). The van der Waals surface area contributed by atoms with Crippen molar-refractivity contribution >= 4 is 11.3 Å². The Hall–Kier alpha value is -2.25. The van der Waals surface area contributed by atoms with Crippen LogP contribution in [0.4, 0.5) is 0 Å². The zero-order chi connectivity index (χ0) is 18.7. The molecule has 0 spiro atoms. The number of nitrogens with zero attached hydrogens (tertiary/aromatic N) is 3. The molecule has 138 valence electrons. The number of aromatic nitrogens is 3. The Labute approximate surface area is 157 Å². The van der Waals surface area contributed by atoms with Gasteiger partial charge >= 0.3 is 0 Å². The predicted octanol–water partition coefficient (Wildman–Crippen LogP) is 4.35. The number of ether oxygens (including phenoxy) is 1. The van der Waals surface area contributed by atoms with E-state index in [0.29, 0.717) is 18.3 Å². The van der Waals surface area contributed by atoms with Gasteiger partial charge in [0.1, 0.15) is 5.75 Å². The fourth-order valence-electron chi connectivity index (χ4n) is 2.37. The van der Waals surface area contributed by atoms with Gasteiger partial charge in [0.2, 0.25) is 11.7 Å². The second kappa shape index (κ2) is 7.55. The summed E-state index contributed by atoms with van der Waals surface area (Å²) < 4.78 is 10.7. The summed E-state index contributed by atoms with van der Waals surface area (Å²) >= 11 is 1.73. The van der Waals surface area contributed by atoms with Gasteiger partial charge in [0.15, 0.2) is 0 Å². The van der Waals surface area contributed by atoms with Crippen molar-refractivity contribution in [3.8, 4) is 17.1 Å². The summed E-state index contributed by atoms with van der Waals surface area (Å²) in [7, 11) is 1.64. The average Bonchev–Trinajstić information content (AvgIpc) is 3.29. The van der Waals surface area contributed by atoms with E-state index in [2.05, 4.69) is 41.2 Å². The Balaban J connectivity index is 1.64. The zero-order valence-electron chi connectivity index (χ0n) is 15.7. The number of thiazole rings is 1. The number of rotatable bonds is 6. The van der Waals surface area contributed by atoms with Crippen molar-refractivity contribution in [3.63, 3.8) is 0 Å². The smallest absolute Gasteiger partial charge is 0.243 e. The van der Waals surface area contributed by atoms with Crippen LogP contribution in [0.25, 0.3) is 11.4 Å². The molecule has 0 aliphatic heterocycles. The van der Waals surface area contributed by atoms with Crippen molar-refractivity contribution < 1.29 is 9.26 Å². The summed E-state index contributed by atoms with van der Waals surface area (Å²) in [6, 6.07) is 7.55. The van der Waals surface area contributed by atoms with Gasteiger partial charge in [0, 0.05) is 28.6 Å². The maximum atomic E-state index is 5.43. The molecule has 1 atom stereocenters. The van der Waals surface area contributed by atoms with Crippen LogP contribution in [0.3, 0.4) is 0 Å². The van der Waals surface area contributed by atoms with Gasteiger partial charge in [-0.05, 0) is 19.1 Å². The Morgan fingerprint density at radius 3 is 2.81 bits per heavy atom. The van der Waals surface area contributed by atoms with Gasteiger partial charge in [0.25, 0.3) is 0 Å². The third-order valence-corrected chi connectivity index (χ3v) is 5.34. The topological polar surface area (TPSA) is 73.1 Å². The van der Waals surface area contributed by atoms with Crippen molar-refractivity contribution in [1.29, 1.82) is 0 Å². The standard InChI is InChI=1S/C19H24N4O2S/c1-12(20-10-15-11-21-18(26-15)19(2,3)4)17-22-16(23-25-17)13-7-6-8-14(9-13)24-5/h6-9,11-12,20H,10H2,1-5H3. The lowest BCUT2D eigenvalue weighted by Crippen LogP contribution is -2.17. The third-order valence-electron chi connectivity index (χ3n) is 3.92. The van der Waals surface area contributed by atoms with Crippen LogP contribution in [-0.4, -0.2) is 22.2 Å². The lowest BCUT2D eigenvalue weighted by Gasteiger charge is -2.13. The molecule has 1 aromatic carbocycles.